The molecule has 1 aromatic heterocycles. The van der Waals surface area contributed by atoms with Crippen molar-refractivity contribution in [2.45, 2.75) is 0 Å². The number of hydrogen-bond donors (Lipinski definition) is 2. The molecule has 0 amide bonds. The van der Waals surface area contributed by atoms with Gasteiger partial charge in [0.2, 0.25) is 5.78 Å². The maximum atomic E-state index is 12.7. The number of fused-ring (bicyclic) bond motifs is 1. The molecule has 0 spiro atoms. The number of hydrogen-bond acceptors (Lipinski definition) is 5. The molecule has 1 heterocycles. The smallest absolute Gasteiger partial charge is 0.292 e. The van der Waals surface area contributed by atoms with E-state index in [-0.39, 0.29) is 11.3 Å². The largest absolute Gasteiger partial charge is 0.383 e. The van der Waals surface area contributed by atoms with Crippen LogP contribution in [-0.2, 0) is 0 Å². The zero-order chi connectivity index (χ0) is 18.7. The quantitative estimate of drug-likeness (QED) is 0.239. The number of aromatic amines is 1. The number of H-pyrrole nitrogens is 1. The summed E-state index contributed by atoms with van der Waals surface area (Å²) in [5.41, 5.74) is 1.71. The number of nitro groups is 1. The number of allylic oxidation sites excluding steroid dienone is 1. The minimum Gasteiger partial charge on any atom is -0.383 e. The van der Waals surface area contributed by atoms with E-state index in [9.17, 15) is 20.2 Å². The van der Waals surface area contributed by atoms with Crippen LogP contribution in [-0.4, -0.2) is 22.7 Å². The molecule has 0 radical (unpaired) electrons. The predicted octanol–water partition coefficient (Wildman–Crippen LogP) is 3.91. The fourth-order valence-electron chi connectivity index (χ4n) is 2.72. The molecule has 0 aliphatic heterocycles. The van der Waals surface area contributed by atoms with E-state index in [1.54, 1.807) is 25.4 Å². The van der Waals surface area contributed by atoms with Gasteiger partial charge in [0.15, 0.2) is 0 Å². The Balaban J connectivity index is 2.04. The van der Waals surface area contributed by atoms with Gasteiger partial charge in [-0.25, -0.2) is 0 Å². The maximum absolute atomic E-state index is 12.7. The number of nitrogens with zero attached hydrogens (tertiary/aromatic N) is 2. The number of benzene rings is 2. The van der Waals surface area contributed by atoms with Crippen molar-refractivity contribution in [1.82, 2.24) is 4.98 Å². The molecule has 0 saturated carbocycles. The molecule has 0 aliphatic carbocycles. The zero-order valence-electron chi connectivity index (χ0n) is 13.8. The Morgan fingerprint density at radius 2 is 2.08 bits per heavy atom. The second kappa shape index (κ2) is 6.91. The number of carbonyl (C=O) groups excluding carboxylic acids is 1. The van der Waals surface area contributed by atoms with Crippen LogP contribution in [0.2, 0.25) is 0 Å². The highest BCUT2D eigenvalue weighted by Gasteiger charge is 2.18. The van der Waals surface area contributed by atoms with Gasteiger partial charge in [-0.15, -0.1) is 0 Å². The van der Waals surface area contributed by atoms with Crippen LogP contribution in [0.1, 0.15) is 15.9 Å². The second-order valence-corrected chi connectivity index (χ2v) is 5.53. The number of nitro benzene ring substituents is 1. The molecule has 0 aliphatic rings. The lowest BCUT2D eigenvalue weighted by Crippen LogP contribution is -2.01. The molecular formula is C19H14N4O3. The number of nitriles is 1. The number of Topliss-reactive ketones (excluding diaryl/α,β-unsaturated/α-hetero) is 1. The van der Waals surface area contributed by atoms with E-state index in [0.717, 1.165) is 10.9 Å². The molecule has 0 fully saturated rings. The number of anilines is 1. The van der Waals surface area contributed by atoms with Crippen LogP contribution in [0.4, 0.5) is 11.4 Å². The number of nitrogens with one attached hydrogen (secondary N) is 2. The third-order valence-corrected chi connectivity index (χ3v) is 4.00. The fourth-order valence-corrected chi connectivity index (χ4v) is 2.72. The third kappa shape index (κ3) is 3.03. The molecule has 128 valence electrons. The van der Waals surface area contributed by atoms with Crippen LogP contribution in [0.25, 0.3) is 17.0 Å². The van der Waals surface area contributed by atoms with E-state index < -0.39 is 10.7 Å². The lowest BCUT2D eigenvalue weighted by atomic mass is 10.0. The van der Waals surface area contributed by atoms with Gasteiger partial charge in [0, 0.05) is 35.8 Å². The summed E-state index contributed by atoms with van der Waals surface area (Å²) < 4.78 is 0. The molecular weight excluding hydrogens is 332 g/mol. The number of para-hydroxylation sites is 1. The average Bonchev–Trinajstić information content (AvgIpc) is 3.09. The molecule has 3 rings (SSSR count). The summed E-state index contributed by atoms with van der Waals surface area (Å²) in [5, 5.41) is 24.0. The molecule has 0 unspecified atom stereocenters. The standard InChI is InChI=1S/C19H14N4O3/c1-21-17-7-6-12(9-18(17)23(25)26)8-13(10-20)19(24)15-11-22-16-5-3-2-4-14(15)16/h2-9,11,21-22H,1H3/b13-8+. The minimum absolute atomic E-state index is 0.0961. The molecule has 2 aromatic carbocycles. The van der Waals surface area contributed by atoms with Gasteiger partial charge in [-0.2, -0.15) is 5.26 Å². The van der Waals surface area contributed by atoms with E-state index >= 15 is 0 Å². The van der Waals surface area contributed by atoms with Gasteiger partial charge >= 0.3 is 0 Å². The lowest BCUT2D eigenvalue weighted by Gasteiger charge is -2.03. The van der Waals surface area contributed by atoms with E-state index in [1.807, 2.05) is 24.3 Å². The van der Waals surface area contributed by atoms with Crippen molar-refractivity contribution < 1.29 is 9.72 Å². The Kier molecular flexibility index (Phi) is 4.50. The summed E-state index contributed by atoms with van der Waals surface area (Å²) in [6, 6.07) is 13.6. The zero-order valence-corrected chi connectivity index (χ0v) is 13.8. The highest BCUT2D eigenvalue weighted by Crippen LogP contribution is 2.27. The first-order chi connectivity index (χ1) is 12.5. The topological polar surface area (TPSA) is 112 Å². The van der Waals surface area contributed by atoms with Crippen molar-refractivity contribution in [3.63, 3.8) is 0 Å². The Bertz CT molecular complexity index is 1090. The van der Waals surface area contributed by atoms with Crippen LogP contribution in [0, 0.1) is 21.4 Å². The van der Waals surface area contributed by atoms with E-state index in [2.05, 4.69) is 10.3 Å². The van der Waals surface area contributed by atoms with Gasteiger partial charge in [0.25, 0.3) is 5.69 Å². The second-order valence-electron chi connectivity index (χ2n) is 5.53. The van der Waals surface area contributed by atoms with Crippen molar-refractivity contribution in [2.75, 3.05) is 12.4 Å². The molecule has 26 heavy (non-hydrogen) atoms. The first-order valence-electron chi connectivity index (χ1n) is 7.74. The van der Waals surface area contributed by atoms with Crippen LogP contribution in [0.3, 0.4) is 0 Å². The number of aromatic nitrogens is 1. The highest BCUT2D eigenvalue weighted by molar-refractivity contribution is 6.19. The molecule has 7 nitrogen and oxygen atoms in total. The molecule has 3 aromatic rings. The average molecular weight is 346 g/mol. The summed E-state index contributed by atoms with van der Waals surface area (Å²) >= 11 is 0. The first kappa shape index (κ1) is 16.9. The van der Waals surface area contributed by atoms with E-state index in [1.165, 1.54) is 18.2 Å². The summed E-state index contributed by atoms with van der Waals surface area (Å²) in [4.78, 5) is 26.4. The summed E-state index contributed by atoms with van der Waals surface area (Å²) in [5.74, 6) is -0.440. The third-order valence-electron chi connectivity index (χ3n) is 4.00. The van der Waals surface area contributed by atoms with Crippen LogP contribution < -0.4 is 5.32 Å². The van der Waals surface area contributed by atoms with Gasteiger partial charge in [0.1, 0.15) is 17.3 Å². The van der Waals surface area contributed by atoms with Crippen molar-refractivity contribution in [2.24, 2.45) is 0 Å². The Labute approximate surface area is 148 Å². The number of carbonyl (C=O) groups is 1. The van der Waals surface area contributed by atoms with Gasteiger partial charge in [-0.1, -0.05) is 24.3 Å². The number of rotatable bonds is 5. The number of ketones is 1. The van der Waals surface area contributed by atoms with Crippen molar-refractivity contribution >= 4 is 34.1 Å². The summed E-state index contributed by atoms with van der Waals surface area (Å²) in [7, 11) is 1.58. The van der Waals surface area contributed by atoms with Crippen molar-refractivity contribution in [1.29, 1.82) is 5.26 Å². The highest BCUT2D eigenvalue weighted by atomic mass is 16.6. The first-order valence-corrected chi connectivity index (χ1v) is 7.74. The van der Waals surface area contributed by atoms with Gasteiger partial charge < -0.3 is 10.3 Å². The predicted molar refractivity (Wildman–Crippen MR) is 98.9 cm³/mol. The van der Waals surface area contributed by atoms with Crippen molar-refractivity contribution in [3.8, 4) is 6.07 Å². The fraction of sp³-hybridized carbons (Fsp3) is 0.0526. The molecule has 0 atom stereocenters. The Hall–Kier alpha value is -3.92. The van der Waals surface area contributed by atoms with Gasteiger partial charge in [-0.05, 0) is 23.8 Å². The maximum Gasteiger partial charge on any atom is 0.292 e. The normalized spacial score (nSPS) is 11.2. The van der Waals surface area contributed by atoms with Crippen molar-refractivity contribution in [3.05, 3.63) is 75.5 Å². The summed E-state index contributed by atoms with van der Waals surface area (Å²) in [6.07, 6.45) is 2.92. The minimum atomic E-state index is -0.517. The SMILES string of the molecule is CNc1ccc(/C=C(\C#N)C(=O)c2c[nH]c3ccccc23)cc1[N+](=O)[O-]. The Morgan fingerprint density at radius 3 is 2.77 bits per heavy atom. The summed E-state index contributed by atoms with van der Waals surface area (Å²) in [6.45, 7) is 0. The van der Waals surface area contributed by atoms with Gasteiger partial charge in [0.05, 0.1) is 4.92 Å². The van der Waals surface area contributed by atoms with Crippen LogP contribution >= 0.6 is 0 Å². The molecule has 0 saturated heterocycles. The van der Waals surface area contributed by atoms with E-state index in [4.69, 9.17) is 0 Å². The Morgan fingerprint density at radius 1 is 1.31 bits per heavy atom. The van der Waals surface area contributed by atoms with Gasteiger partial charge in [-0.3, -0.25) is 14.9 Å². The molecule has 2 N–H and O–H groups in total. The van der Waals surface area contributed by atoms with E-state index in [0.29, 0.717) is 16.8 Å². The molecule has 7 heteroatoms. The van der Waals surface area contributed by atoms with Crippen LogP contribution in [0.15, 0.2) is 54.2 Å². The lowest BCUT2D eigenvalue weighted by molar-refractivity contribution is -0.383. The monoisotopic (exact) mass is 346 g/mol. The van der Waals surface area contributed by atoms with Crippen LogP contribution in [0.5, 0.6) is 0 Å². The molecule has 0 bridgehead atoms.